The highest BCUT2D eigenvalue weighted by Gasteiger charge is 2.23. The van der Waals surface area contributed by atoms with Crippen molar-refractivity contribution >= 4 is 39.7 Å². The molecule has 5 rings (SSSR count). The maximum absolute atomic E-state index is 6.18. The van der Waals surface area contributed by atoms with Crippen LogP contribution in [0.3, 0.4) is 0 Å². The number of halogens is 1. The molecule has 0 fully saturated rings. The third-order valence-electron chi connectivity index (χ3n) is 5.90. The second-order valence-electron chi connectivity index (χ2n) is 7.47. The summed E-state index contributed by atoms with van der Waals surface area (Å²) in [6, 6.07) is 15.0. The lowest BCUT2D eigenvalue weighted by Crippen LogP contribution is -2.31. The van der Waals surface area contributed by atoms with Gasteiger partial charge >= 0.3 is 0 Å². The van der Waals surface area contributed by atoms with Gasteiger partial charge in [0.1, 0.15) is 0 Å². The first kappa shape index (κ1) is 17.8. The van der Waals surface area contributed by atoms with Crippen LogP contribution in [0, 0.1) is 13.8 Å². The summed E-state index contributed by atoms with van der Waals surface area (Å²) < 4.78 is 3.25. The molecule has 1 aliphatic rings. The number of rotatable bonds is 3. The van der Waals surface area contributed by atoms with Crippen LogP contribution in [0.15, 0.2) is 48.7 Å². The number of fused-ring (bicyclic) bond motifs is 2. The summed E-state index contributed by atoms with van der Waals surface area (Å²) in [5.41, 5.74) is 6.73. The summed E-state index contributed by atoms with van der Waals surface area (Å²) in [7, 11) is 0. The predicted octanol–water partition coefficient (Wildman–Crippen LogP) is 5.98. The normalized spacial score (nSPS) is 13.9. The van der Waals surface area contributed by atoms with E-state index in [1.54, 1.807) is 11.3 Å². The first-order valence-corrected chi connectivity index (χ1v) is 10.8. The summed E-state index contributed by atoms with van der Waals surface area (Å²) in [6.45, 7) is 7.16. The predicted molar refractivity (Wildman–Crippen MR) is 119 cm³/mol. The van der Waals surface area contributed by atoms with E-state index in [2.05, 4.69) is 59.7 Å². The molecule has 4 aromatic rings. The standard InChI is InChI=1S/C23H22ClN3S/c1-15-16(2)27(14-19-7-8-21(24)28-19)22-20(15)9-11-25-23(22)26-12-10-17-5-3-4-6-18(17)13-26/h3-9,11H,10,12-14H2,1-2H3. The van der Waals surface area contributed by atoms with E-state index in [1.165, 1.54) is 38.2 Å². The zero-order valence-electron chi connectivity index (χ0n) is 16.1. The molecule has 3 aromatic heterocycles. The Balaban J connectivity index is 1.63. The van der Waals surface area contributed by atoms with Gasteiger partial charge in [-0.25, -0.2) is 4.98 Å². The molecule has 142 valence electrons. The summed E-state index contributed by atoms with van der Waals surface area (Å²) in [5, 5.41) is 1.30. The van der Waals surface area contributed by atoms with E-state index in [9.17, 15) is 0 Å². The van der Waals surface area contributed by atoms with E-state index in [1.807, 2.05) is 12.3 Å². The van der Waals surface area contributed by atoms with Crippen molar-refractivity contribution < 1.29 is 0 Å². The fourth-order valence-corrected chi connectivity index (χ4v) is 5.35. The van der Waals surface area contributed by atoms with Crippen molar-refractivity contribution in [1.82, 2.24) is 9.55 Å². The van der Waals surface area contributed by atoms with Gasteiger partial charge in [-0.3, -0.25) is 0 Å². The molecule has 0 spiro atoms. The molecule has 0 amide bonds. The van der Waals surface area contributed by atoms with E-state index in [0.29, 0.717) is 0 Å². The molecule has 0 radical (unpaired) electrons. The molecule has 1 aromatic carbocycles. The summed E-state index contributed by atoms with van der Waals surface area (Å²) >= 11 is 7.83. The quantitative estimate of drug-likeness (QED) is 0.416. The molecule has 0 unspecified atom stereocenters. The molecule has 5 heteroatoms. The zero-order chi connectivity index (χ0) is 19.3. The van der Waals surface area contributed by atoms with Crippen LogP contribution in [-0.2, 0) is 19.5 Å². The van der Waals surface area contributed by atoms with Gasteiger partial charge in [0.15, 0.2) is 5.82 Å². The van der Waals surface area contributed by atoms with Gasteiger partial charge in [-0.2, -0.15) is 0 Å². The van der Waals surface area contributed by atoms with Crippen LogP contribution in [-0.4, -0.2) is 16.1 Å². The number of benzene rings is 1. The highest BCUT2D eigenvalue weighted by molar-refractivity contribution is 7.16. The minimum absolute atomic E-state index is 0.830. The monoisotopic (exact) mass is 407 g/mol. The largest absolute Gasteiger partial charge is 0.350 e. The molecular formula is C23H22ClN3S. The topological polar surface area (TPSA) is 21.1 Å². The van der Waals surface area contributed by atoms with Gasteiger partial charge in [-0.15, -0.1) is 11.3 Å². The molecule has 0 saturated carbocycles. The number of hydrogen-bond donors (Lipinski definition) is 0. The fraction of sp³-hybridized carbons (Fsp3) is 0.261. The van der Waals surface area contributed by atoms with E-state index in [-0.39, 0.29) is 0 Å². The van der Waals surface area contributed by atoms with Crippen LogP contribution in [0.2, 0.25) is 4.34 Å². The van der Waals surface area contributed by atoms with Gasteiger partial charge in [-0.05, 0) is 55.2 Å². The lowest BCUT2D eigenvalue weighted by atomic mass is 10.00. The number of hydrogen-bond acceptors (Lipinski definition) is 3. The number of anilines is 1. The summed E-state index contributed by atoms with van der Waals surface area (Å²) in [6.07, 6.45) is 3.02. The molecule has 0 saturated heterocycles. The molecule has 0 aliphatic carbocycles. The second-order valence-corrected chi connectivity index (χ2v) is 9.27. The lowest BCUT2D eigenvalue weighted by Gasteiger charge is -2.30. The first-order chi connectivity index (χ1) is 13.6. The van der Waals surface area contributed by atoms with Crippen molar-refractivity contribution in [2.75, 3.05) is 11.4 Å². The van der Waals surface area contributed by atoms with Crippen LogP contribution in [0.1, 0.15) is 27.3 Å². The highest BCUT2D eigenvalue weighted by Crippen LogP contribution is 2.35. The van der Waals surface area contributed by atoms with Crippen molar-refractivity contribution in [2.24, 2.45) is 0 Å². The lowest BCUT2D eigenvalue weighted by molar-refractivity contribution is 0.718. The zero-order valence-corrected chi connectivity index (χ0v) is 17.6. The molecule has 28 heavy (non-hydrogen) atoms. The second kappa shape index (κ2) is 6.94. The van der Waals surface area contributed by atoms with Gasteiger partial charge in [-0.1, -0.05) is 35.9 Å². The van der Waals surface area contributed by atoms with Crippen LogP contribution >= 0.6 is 22.9 Å². The Hall–Kier alpha value is -2.30. The third kappa shape index (κ3) is 2.92. The Kier molecular flexibility index (Phi) is 4.41. The van der Waals surface area contributed by atoms with Crippen molar-refractivity contribution in [3.8, 4) is 0 Å². The van der Waals surface area contributed by atoms with E-state index in [4.69, 9.17) is 16.6 Å². The van der Waals surface area contributed by atoms with Crippen molar-refractivity contribution in [1.29, 1.82) is 0 Å². The van der Waals surface area contributed by atoms with Crippen LogP contribution in [0.25, 0.3) is 10.9 Å². The van der Waals surface area contributed by atoms with Crippen molar-refractivity contribution in [3.05, 3.63) is 80.3 Å². The highest BCUT2D eigenvalue weighted by atomic mass is 35.5. The average Bonchev–Trinajstić information content (AvgIpc) is 3.24. The van der Waals surface area contributed by atoms with Gasteiger partial charge in [0, 0.05) is 35.2 Å². The molecule has 1 aliphatic heterocycles. The van der Waals surface area contributed by atoms with Crippen LogP contribution in [0.5, 0.6) is 0 Å². The Labute approximate surface area is 174 Å². The molecule has 4 heterocycles. The van der Waals surface area contributed by atoms with Crippen molar-refractivity contribution in [3.63, 3.8) is 0 Å². The van der Waals surface area contributed by atoms with Gasteiger partial charge in [0.2, 0.25) is 0 Å². The Bertz CT molecular complexity index is 1170. The first-order valence-electron chi connectivity index (χ1n) is 9.62. The molecule has 0 atom stereocenters. The van der Waals surface area contributed by atoms with Crippen LogP contribution in [0.4, 0.5) is 5.82 Å². The Morgan fingerprint density at radius 2 is 1.89 bits per heavy atom. The van der Waals surface area contributed by atoms with Crippen LogP contribution < -0.4 is 4.90 Å². The number of aryl methyl sites for hydroxylation is 1. The molecule has 0 N–H and O–H groups in total. The number of aromatic nitrogens is 2. The van der Waals surface area contributed by atoms with E-state index in [0.717, 1.165) is 36.2 Å². The SMILES string of the molecule is Cc1c(C)n(Cc2ccc(Cl)s2)c2c(N3CCc4ccccc4C3)nccc12. The maximum Gasteiger partial charge on any atom is 0.153 e. The third-order valence-corrected chi connectivity index (χ3v) is 7.12. The summed E-state index contributed by atoms with van der Waals surface area (Å²) in [5.74, 6) is 1.09. The summed E-state index contributed by atoms with van der Waals surface area (Å²) in [4.78, 5) is 8.55. The Morgan fingerprint density at radius 3 is 2.68 bits per heavy atom. The van der Waals surface area contributed by atoms with Gasteiger partial charge < -0.3 is 9.47 Å². The van der Waals surface area contributed by atoms with E-state index >= 15 is 0 Å². The number of pyridine rings is 1. The Morgan fingerprint density at radius 1 is 1.07 bits per heavy atom. The average molecular weight is 408 g/mol. The minimum Gasteiger partial charge on any atom is -0.350 e. The molecule has 0 bridgehead atoms. The van der Waals surface area contributed by atoms with Gasteiger partial charge in [0.25, 0.3) is 0 Å². The van der Waals surface area contributed by atoms with E-state index < -0.39 is 0 Å². The number of thiophene rings is 1. The smallest absolute Gasteiger partial charge is 0.153 e. The van der Waals surface area contributed by atoms with Crippen molar-refractivity contribution in [2.45, 2.75) is 33.4 Å². The number of nitrogens with zero attached hydrogens (tertiary/aromatic N) is 3. The minimum atomic E-state index is 0.830. The fourth-order valence-electron chi connectivity index (χ4n) is 4.27. The maximum atomic E-state index is 6.18. The molecular weight excluding hydrogens is 386 g/mol. The van der Waals surface area contributed by atoms with Gasteiger partial charge in [0.05, 0.1) is 16.4 Å². The molecule has 3 nitrogen and oxygen atoms in total.